The van der Waals surface area contributed by atoms with Gasteiger partial charge >= 0.3 is 0 Å². The minimum absolute atomic E-state index is 0.262. The van der Waals surface area contributed by atoms with E-state index in [1.54, 1.807) is 0 Å². The molecule has 0 saturated heterocycles. The molecule has 1 amide bonds. The standard InChI is InChI=1S/C4H6N4O2/c1-8-4(10)2(3(5)9)6-7-8/h7H,1H3,(H2,5,9). The van der Waals surface area contributed by atoms with Crippen LogP contribution in [-0.4, -0.2) is 20.9 Å². The molecule has 1 heterocycles. The highest BCUT2D eigenvalue weighted by molar-refractivity contribution is 5.90. The van der Waals surface area contributed by atoms with Crippen LogP contribution in [0.25, 0.3) is 0 Å². The number of hydrogen-bond acceptors (Lipinski definition) is 3. The van der Waals surface area contributed by atoms with Crippen molar-refractivity contribution in [2.24, 2.45) is 12.8 Å². The maximum Gasteiger partial charge on any atom is 0.299 e. The van der Waals surface area contributed by atoms with Gasteiger partial charge in [0.15, 0.2) is 0 Å². The maximum atomic E-state index is 10.8. The van der Waals surface area contributed by atoms with E-state index in [9.17, 15) is 9.59 Å². The molecule has 0 fully saturated rings. The highest BCUT2D eigenvalue weighted by atomic mass is 16.2. The molecular formula is C4H6N4O2. The average molecular weight is 142 g/mol. The summed E-state index contributed by atoms with van der Waals surface area (Å²) in [7, 11) is 1.45. The molecular weight excluding hydrogens is 136 g/mol. The number of aromatic amines is 1. The smallest absolute Gasteiger partial charge is 0.299 e. The molecule has 0 aliphatic heterocycles. The number of hydrogen-bond donors (Lipinski definition) is 2. The summed E-state index contributed by atoms with van der Waals surface area (Å²) >= 11 is 0. The fourth-order valence-corrected chi connectivity index (χ4v) is 0.538. The second-order valence-corrected chi connectivity index (χ2v) is 1.79. The summed E-state index contributed by atoms with van der Waals surface area (Å²) in [6.07, 6.45) is 0. The van der Waals surface area contributed by atoms with Crippen LogP contribution in [0.4, 0.5) is 0 Å². The molecule has 1 rings (SSSR count). The predicted molar refractivity (Wildman–Crippen MR) is 32.3 cm³/mol. The van der Waals surface area contributed by atoms with Crippen LogP contribution in [0, 0.1) is 0 Å². The van der Waals surface area contributed by atoms with Gasteiger partial charge in [0.2, 0.25) is 5.69 Å². The van der Waals surface area contributed by atoms with Gasteiger partial charge in [0, 0.05) is 7.05 Å². The summed E-state index contributed by atoms with van der Waals surface area (Å²) < 4.78 is 1.07. The summed E-state index contributed by atoms with van der Waals surface area (Å²) in [6.45, 7) is 0. The van der Waals surface area contributed by atoms with E-state index in [1.165, 1.54) is 7.05 Å². The molecule has 54 valence electrons. The molecule has 10 heavy (non-hydrogen) atoms. The monoisotopic (exact) mass is 142 g/mol. The quantitative estimate of drug-likeness (QED) is 0.484. The van der Waals surface area contributed by atoms with Crippen molar-refractivity contribution in [3.8, 4) is 0 Å². The summed E-state index contributed by atoms with van der Waals surface area (Å²) in [4.78, 5) is 21.1. The average Bonchev–Trinajstić information content (AvgIpc) is 2.14. The first-order valence-electron chi connectivity index (χ1n) is 2.54. The number of carbonyl (C=O) groups is 1. The zero-order valence-electron chi connectivity index (χ0n) is 5.29. The lowest BCUT2D eigenvalue weighted by Crippen LogP contribution is -2.23. The zero-order valence-corrected chi connectivity index (χ0v) is 5.29. The van der Waals surface area contributed by atoms with Crippen molar-refractivity contribution in [2.45, 2.75) is 0 Å². The van der Waals surface area contributed by atoms with Crippen molar-refractivity contribution in [1.29, 1.82) is 0 Å². The van der Waals surface area contributed by atoms with Crippen molar-refractivity contribution in [3.63, 3.8) is 0 Å². The van der Waals surface area contributed by atoms with Crippen LogP contribution in [0.15, 0.2) is 4.79 Å². The summed E-state index contributed by atoms with van der Waals surface area (Å²) in [6, 6.07) is 0. The Bertz CT molecular complexity index is 309. The van der Waals surface area contributed by atoms with Gasteiger partial charge in [0.25, 0.3) is 11.5 Å². The SMILES string of the molecule is Cn1[nH]nc(C(N)=O)c1=O. The minimum atomic E-state index is -0.818. The largest absolute Gasteiger partial charge is 0.364 e. The van der Waals surface area contributed by atoms with Crippen LogP contribution >= 0.6 is 0 Å². The third-order valence-corrected chi connectivity index (χ3v) is 1.05. The van der Waals surface area contributed by atoms with Crippen molar-refractivity contribution in [2.75, 3.05) is 0 Å². The van der Waals surface area contributed by atoms with E-state index in [1.807, 2.05) is 0 Å². The van der Waals surface area contributed by atoms with Gasteiger partial charge in [-0.1, -0.05) is 0 Å². The van der Waals surface area contributed by atoms with Gasteiger partial charge in [0.1, 0.15) is 0 Å². The van der Waals surface area contributed by atoms with Crippen molar-refractivity contribution < 1.29 is 4.79 Å². The predicted octanol–water partition coefficient (Wildman–Crippen LogP) is -1.79. The molecule has 3 N–H and O–H groups in total. The van der Waals surface area contributed by atoms with E-state index in [2.05, 4.69) is 10.3 Å². The Labute approximate surface area is 55.6 Å². The number of aryl methyl sites for hydroxylation is 1. The van der Waals surface area contributed by atoms with Gasteiger partial charge in [-0.15, -0.1) is 5.10 Å². The Balaban J connectivity index is 3.32. The van der Waals surface area contributed by atoms with Gasteiger partial charge in [-0.3, -0.25) is 9.59 Å². The van der Waals surface area contributed by atoms with E-state index < -0.39 is 11.5 Å². The molecule has 1 aromatic heterocycles. The third-order valence-electron chi connectivity index (χ3n) is 1.05. The van der Waals surface area contributed by atoms with E-state index in [-0.39, 0.29) is 5.69 Å². The molecule has 6 nitrogen and oxygen atoms in total. The molecule has 0 atom stereocenters. The van der Waals surface area contributed by atoms with Gasteiger partial charge < -0.3 is 5.73 Å². The Morgan fingerprint density at radius 3 is 2.60 bits per heavy atom. The number of aromatic nitrogens is 3. The van der Waals surface area contributed by atoms with Gasteiger partial charge in [-0.25, -0.2) is 9.90 Å². The lowest BCUT2D eigenvalue weighted by molar-refractivity contribution is 0.0994. The molecule has 0 bridgehead atoms. The first kappa shape index (κ1) is 6.53. The molecule has 0 spiro atoms. The first-order chi connectivity index (χ1) is 4.63. The highest BCUT2D eigenvalue weighted by Crippen LogP contribution is 1.76. The van der Waals surface area contributed by atoms with E-state index in [4.69, 9.17) is 5.73 Å². The summed E-state index contributed by atoms with van der Waals surface area (Å²) in [5.74, 6) is -0.818. The fourth-order valence-electron chi connectivity index (χ4n) is 0.538. The zero-order chi connectivity index (χ0) is 7.72. The number of amides is 1. The number of nitrogens with one attached hydrogen (secondary N) is 1. The molecule has 6 heteroatoms. The lowest BCUT2D eigenvalue weighted by atomic mass is 10.4. The number of nitrogens with two attached hydrogens (primary N) is 1. The van der Waals surface area contributed by atoms with E-state index in [0.29, 0.717) is 0 Å². The lowest BCUT2D eigenvalue weighted by Gasteiger charge is -1.80. The molecule has 0 saturated carbocycles. The highest BCUT2D eigenvalue weighted by Gasteiger charge is 2.09. The van der Waals surface area contributed by atoms with Crippen molar-refractivity contribution >= 4 is 5.91 Å². The maximum absolute atomic E-state index is 10.8. The Hall–Kier alpha value is -1.59. The Morgan fingerprint density at radius 2 is 2.40 bits per heavy atom. The number of primary amides is 1. The van der Waals surface area contributed by atoms with Gasteiger partial charge in [-0.2, -0.15) is 0 Å². The van der Waals surface area contributed by atoms with Crippen LogP contribution in [0.2, 0.25) is 0 Å². The number of rotatable bonds is 1. The van der Waals surface area contributed by atoms with Crippen LogP contribution in [0.3, 0.4) is 0 Å². The molecule has 0 aromatic carbocycles. The van der Waals surface area contributed by atoms with Crippen LogP contribution < -0.4 is 11.3 Å². The van der Waals surface area contributed by atoms with Gasteiger partial charge in [0.05, 0.1) is 0 Å². The number of nitrogens with zero attached hydrogens (tertiary/aromatic N) is 2. The van der Waals surface area contributed by atoms with Crippen LogP contribution in [0.1, 0.15) is 10.5 Å². The molecule has 1 aromatic rings. The number of carbonyl (C=O) groups excluding carboxylic acids is 1. The topological polar surface area (TPSA) is 93.8 Å². The normalized spacial score (nSPS) is 9.70. The fraction of sp³-hybridized carbons (Fsp3) is 0.250. The molecule has 0 unspecified atom stereocenters. The minimum Gasteiger partial charge on any atom is -0.364 e. The molecule has 0 radical (unpaired) electrons. The second kappa shape index (κ2) is 1.98. The third kappa shape index (κ3) is 0.790. The summed E-state index contributed by atoms with van der Waals surface area (Å²) in [5.41, 5.74) is 4.02. The van der Waals surface area contributed by atoms with Crippen LogP contribution in [-0.2, 0) is 7.05 Å². The molecule has 0 aliphatic rings. The molecule has 0 aliphatic carbocycles. The second-order valence-electron chi connectivity index (χ2n) is 1.79. The van der Waals surface area contributed by atoms with Crippen molar-refractivity contribution in [1.82, 2.24) is 15.0 Å². The first-order valence-corrected chi connectivity index (χ1v) is 2.54. The van der Waals surface area contributed by atoms with Crippen molar-refractivity contribution in [3.05, 3.63) is 16.0 Å². The van der Waals surface area contributed by atoms with Gasteiger partial charge in [-0.05, 0) is 0 Å². The van der Waals surface area contributed by atoms with Crippen LogP contribution in [0.5, 0.6) is 0 Å². The van der Waals surface area contributed by atoms with E-state index in [0.717, 1.165) is 4.68 Å². The number of H-pyrrole nitrogens is 1. The Kier molecular flexibility index (Phi) is 1.29. The van der Waals surface area contributed by atoms with E-state index >= 15 is 0 Å². The summed E-state index contributed by atoms with van der Waals surface area (Å²) in [5, 5.41) is 5.64. The Morgan fingerprint density at radius 1 is 1.80 bits per heavy atom.